The first-order chi connectivity index (χ1) is 20.6. The zero-order valence-corrected chi connectivity index (χ0v) is 24.6. The van der Waals surface area contributed by atoms with E-state index < -0.39 is 0 Å². The van der Waals surface area contributed by atoms with Gasteiger partial charge in [0.25, 0.3) is 0 Å². The van der Waals surface area contributed by atoms with Gasteiger partial charge in [-0.1, -0.05) is 35.9 Å². The standard InChI is InChI=1S/C33H34ClN5O3/c1-40-25-10-5-8-23(18-25)31-27(12-7-17-38-15-3-4-16-38)30(32-33(35)36-21-37-39(31)32)22-13-14-28(29(19-22)41-2)42-26-11-6-9-24(34)20-26/h5-6,8-11,13-14,18-21H,3-4,7,12,15-17H2,1-2H3,(H2,35,36,37). The Balaban J connectivity index is 1.50. The molecule has 3 aromatic carbocycles. The van der Waals surface area contributed by atoms with E-state index in [0.717, 1.165) is 71.7 Å². The molecule has 0 unspecified atom stereocenters. The molecule has 0 radical (unpaired) electrons. The molecule has 0 bridgehead atoms. The van der Waals surface area contributed by atoms with E-state index in [1.807, 2.05) is 59.1 Å². The summed E-state index contributed by atoms with van der Waals surface area (Å²) < 4.78 is 19.5. The Morgan fingerprint density at radius 3 is 2.48 bits per heavy atom. The van der Waals surface area contributed by atoms with Gasteiger partial charge in [0.15, 0.2) is 17.3 Å². The third-order valence-corrected chi connectivity index (χ3v) is 8.01. The van der Waals surface area contributed by atoms with E-state index in [4.69, 9.17) is 36.6 Å². The van der Waals surface area contributed by atoms with Crippen LogP contribution in [0.1, 0.15) is 24.8 Å². The first kappa shape index (κ1) is 27.9. The molecule has 2 N–H and O–H groups in total. The molecule has 1 aliphatic rings. The maximum Gasteiger partial charge on any atom is 0.169 e. The molecule has 2 aromatic heterocycles. The Hall–Kier alpha value is -4.27. The van der Waals surface area contributed by atoms with Crippen molar-refractivity contribution in [1.29, 1.82) is 0 Å². The Labute approximate surface area is 250 Å². The van der Waals surface area contributed by atoms with Gasteiger partial charge in [-0.3, -0.25) is 0 Å². The predicted octanol–water partition coefficient (Wildman–Crippen LogP) is 7.14. The average Bonchev–Trinajstić information content (AvgIpc) is 3.64. The molecule has 1 saturated heterocycles. The molecule has 0 saturated carbocycles. The zero-order valence-electron chi connectivity index (χ0n) is 23.8. The number of benzene rings is 3. The lowest BCUT2D eigenvalue weighted by atomic mass is 9.95. The number of halogens is 1. The van der Waals surface area contributed by atoms with Crippen molar-refractivity contribution < 1.29 is 14.2 Å². The molecular weight excluding hydrogens is 550 g/mol. The van der Waals surface area contributed by atoms with Gasteiger partial charge in [0.2, 0.25) is 0 Å². The number of nitrogen functional groups attached to an aromatic ring is 1. The van der Waals surface area contributed by atoms with Crippen molar-refractivity contribution in [3.63, 3.8) is 0 Å². The van der Waals surface area contributed by atoms with Crippen molar-refractivity contribution in [2.75, 3.05) is 39.6 Å². The molecule has 0 aliphatic carbocycles. The first-order valence-electron chi connectivity index (χ1n) is 14.2. The van der Waals surface area contributed by atoms with Crippen LogP contribution in [0.15, 0.2) is 73.1 Å². The lowest BCUT2D eigenvalue weighted by molar-refractivity contribution is 0.334. The number of fused-ring (bicyclic) bond motifs is 1. The topological polar surface area (TPSA) is 87.1 Å². The van der Waals surface area contributed by atoms with E-state index in [9.17, 15) is 0 Å². The number of methoxy groups -OCH3 is 2. The number of ether oxygens (including phenoxy) is 3. The molecule has 0 atom stereocenters. The van der Waals surface area contributed by atoms with Crippen molar-refractivity contribution in [3.8, 4) is 45.4 Å². The molecule has 1 fully saturated rings. The molecule has 8 nitrogen and oxygen atoms in total. The van der Waals surface area contributed by atoms with Crippen LogP contribution >= 0.6 is 11.6 Å². The molecule has 42 heavy (non-hydrogen) atoms. The van der Waals surface area contributed by atoms with Crippen molar-refractivity contribution in [2.45, 2.75) is 25.7 Å². The number of rotatable bonds is 10. The van der Waals surface area contributed by atoms with Gasteiger partial charge in [-0.05, 0) is 98.9 Å². The number of hydrogen-bond acceptors (Lipinski definition) is 7. The van der Waals surface area contributed by atoms with Crippen molar-refractivity contribution in [3.05, 3.63) is 83.6 Å². The Kier molecular flexibility index (Phi) is 8.17. The van der Waals surface area contributed by atoms with E-state index >= 15 is 0 Å². The van der Waals surface area contributed by atoms with Crippen LogP contribution in [0.2, 0.25) is 5.02 Å². The van der Waals surface area contributed by atoms with Crippen LogP contribution in [0.3, 0.4) is 0 Å². The van der Waals surface area contributed by atoms with Gasteiger partial charge in [0.1, 0.15) is 23.3 Å². The van der Waals surface area contributed by atoms with E-state index in [1.54, 1.807) is 20.3 Å². The third kappa shape index (κ3) is 5.60. The van der Waals surface area contributed by atoms with Crippen LogP contribution in [0.25, 0.3) is 27.9 Å². The number of likely N-dealkylation sites (tertiary alicyclic amines) is 1. The van der Waals surface area contributed by atoms with Crippen LogP contribution in [0.4, 0.5) is 5.82 Å². The average molecular weight is 584 g/mol. The van der Waals surface area contributed by atoms with E-state index in [2.05, 4.69) is 16.0 Å². The Morgan fingerprint density at radius 1 is 0.881 bits per heavy atom. The Morgan fingerprint density at radius 2 is 1.69 bits per heavy atom. The lowest BCUT2D eigenvalue weighted by Gasteiger charge is -2.16. The second-order valence-electron chi connectivity index (χ2n) is 10.4. The fourth-order valence-corrected chi connectivity index (χ4v) is 6.01. The van der Waals surface area contributed by atoms with E-state index in [0.29, 0.717) is 28.1 Å². The summed E-state index contributed by atoms with van der Waals surface area (Å²) in [5.41, 5.74) is 12.4. The van der Waals surface area contributed by atoms with Gasteiger partial charge >= 0.3 is 0 Å². The highest BCUT2D eigenvalue weighted by atomic mass is 35.5. The predicted molar refractivity (Wildman–Crippen MR) is 167 cm³/mol. The maximum atomic E-state index is 6.58. The van der Waals surface area contributed by atoms with Gasteiger partial charge in [-0.2, -0.15) is 5.10 Å². The molecule has 3 heterocycles. The number of anilines is 1. The summed E-state index contributed by atoms with van der Waals surface area (Å²) in [5.74, 6) is 2.99. The Bertz CT molecular complexity index is 1710. The number of hydrogen-bond donors (Lipinski definition) is 1. The summed E-state index contributed by atoms with van der Waals surface area (Å²) in [7, 11) is 3.31. The molecule has 0 spiro atoms. The zero-order chi connectivity index (χ0) is 29.1. The first-order valence-corrected chi connectivity index (χ1v) is 14.6. The van der Waals surface area contributed by atoms with Crippen molar-refractivity contribution >= 4 is 22.9 Å². The number of nitrogens with two attached hydrogens (primary N) is 1. The fraction of sp³-hybridized carbons (Fsp3) is 0.273. The minimum absolute atomic E-state index is 0.410. The molecule has 6 rings (SSSR count). The summed E-state index contributed by atoms with van der Waals surface area (Å²) in [6.07, 6.45) is 5.88. The fourth-order valence-electron chi connectivity index (χ4n) is 5.83. The smallest absolute Gasteiger partial charge is 0.169 e. The second kappa shape index (κ2) is 12.3. The maximum absolute atomic E-state index is 6.58. The highest BCUT2D eigenvalue weighted by Crippen LogP contribution is 2.44. The van der Waals surface area contributed by atoms with Gasteiger partial charge in [-0.15, -0.1) is 0 Å². The normalized spacial score (nSPS) is 13.5. The van der Waals surface area contributed by atoms with E-state index in [1.165, 1.54) is 19.2 Å². The largest absolute Gasteiger partial charge is 0.497 e. The monoisotopic (exact) mass is 583 g/mol. The second-order valence-corrected chi connectivity index (χ2v) is 10.9. The summed E-state index contributed by atoms with van der Waals surface area (Å²) >= 11 is 6.18. The molecule has 5 aromatic rings. The van der Waals surface area contributed by atoms with Gasteiger partial charge in [0.05, 0.1) is 19.9 Å². The third-order valence-electron chi connectivity index (χ3n) is 7.77. The van der Waals surface area contributed by atoms with Gasteiger partial charge in [0, 0.05) is 16.1 Å². The van der Waals surface area contributed by atoms with Gasteiger partial charge in [-0.25, -0.2) is 9.50 Å². The minimum atomic E-state index is 0.410. The van der Waals surface area contributed by atoms with Crippen molar-refractivity contribution in [1.82, 2.24) is 19.5 Å². The molecule has 1 aliphatic heterocycles. The number of nitrogens with zero attached hydrogens (tertiary/aromatic N) is 4. The highest BCUT2D eigenvalue weighted by molar-refractivity contribution is 6.30. The van der Waals surface area contributed by atoms with Crippen LogP contribution in [-0.4, -0.2) is 53.4 Å². The summed E-state index contributed by atoms with van der Waals surface area (Å²) in [4.78, 5) is 6.93. The summed E-state index contributed by atoms with van der Waals surface area (Å²) in [6.45, 7) is 3.37. The molecule has 216 valence electrons. The minimum Gasteiger partial charge on any atom is -0.497 e. The van der Waals surface area contributed by atoms with E-state index in [-0.39, 0.29) is 0 Å². The molecule has 0 amide bonds. The molecular formula is C33H34ClN5O3. The quantitative estimate of drug-likeness (QED) is 0.187. The van der Waals surface area contributed by atoms with Gasteiger partial charge < -0.3 is 24.8 Å². The van der Waals surface area contributed by atoms with Crippen LogP contribution in [-0.2, 0) is 6.42 Å². The number of aromatic nitrogens is 3. The SMILES string of the molecule is COc1cccc(-c2c(CCCN3CCCC3)c(-c3ccc(Oc4cccc(Cl)c4)c(OC)c3)c3c(N)ncnn23)c1. The van der Waals surface area contributed by atoms with Crippen LogP contribution in [0.5, 0.6) is 23.0 Å². The lowest BCUT2D eigenvalue weighted by Crippen LogP contribution is -2.20. The van der Waals surface area contributed by atoms with Crippen molar-refractivity contribution in [2.24, 2.45) is 0 Å². The molecule has 9 heteroatoms. The highest BCUT2D eigenvalue weighted by Gasteiger charge is 2.25. The van der Waals surface area contributed by atoms with Crippen LogP contribution in [0, 0.1) is 0 Å². The summed E-state index contributed by atoms with van der Waals surface area (Å²) in [6, 6.07) is 21.3. The van der Waals surface area contributed by atoms with Crippen LogP contribution < -0.4 is 19.9 Å². The summed E-state index contributed by atoms with van der Waals surface area (Å²) in [5, 5.41) is 5.30.